The third kappa shape index (κ3) is 6.93. The van der Waals surface area contributed by atoms with Gasteiger partial charge in [0.05, 0.1) is 17.6 Å². The zero-order chi connectivity index (χ0) is 24.5. The highest BCUT2D eigenvalue weighted by molar-refractivity contribution is 5.95. The summed E-state index contributed by atoms with van der Waals surface area (Å²) in [6, 6.07) is 23.5. The Morgan fingerprint density at radius 1 is 0.800 bits per heavy atom. The first-order chi connectivity index (χ1) is 17.1. The van der Waals surface area contributed by atoms with Gasteiger partial charge in [-0.2, -0.15) is 0 Å². The molecule has 0 fully saturated rings. The van der Waals surface area contributed by atoms with E-state index in [0.29, 0.717) is 17.8 Å². The van der Waals surface area contributed by atoms with Crippen LogP contribution < -0.4 is 16.8 Å². The Morgan fingerprint density at radius 2 is 1.57 bits per heavy atom. The molecule has 1 heterocycles. The molecule has 4 rings (SSSR count). The molecule has 35 heavy (non-hydrogen) atoms. The van der Waals surface area contributed by atoms with Gasteiger partial charge in [-0.25, -0.2) is 0 Å². The summed E-state index contributed by atoms with van der Waals surface area (Å²) >= 11 is 0. The summed E-state index contributed by atoms with van der Waals surface area (Å²) < 4.78 is 1.87. The number of nitrogens with one attached hydrogen (secondary N) is 1. The highest BCUT2D eigenvalue weighted by atomic mass is 16.1. The fourth-order valence-electron chi connectivity index (χ4n) is 4.02. The SMILES string of the molecule is Nc1cccc(-c2cn(CCCCCCCC(=O)Nc3cc(-c4ccccc4)ccc3N)nn2)c1. The number of amides is 1. The number of aryl methyl sites for hydroxylation is 1. The number of carbonyl (C=O) groups is 1. The molecule has 0 atom stereocenters. The molecule has 7 heteroatoms. The van der Waals surface area contributed by atoms with Crippen LogP contribution in [0.3, 0.4) is 0 Å². The Balaban J connectivity index is 1.14. The molecule has 3 aromatic carbocycles. The predicted octanol–water partition coefficient (Wildman–Crippen LogP) is 5.76. The van der Waals surface area contributed by atoms with E-state index in [2.05, 4.69) is 15.6 Å². The lowest BCUT2D eigenvalue weighted by molar-refractivity contribution is -0.116. The van der Waals surface area contributed by atoms with Crippen LogP contribution in [-0.2, 0) is 11.3 Å². The maximum Gasteiger partial charge on any atom is 0.224 e. The van der Waals surface area contributed by atoms with Crippen molar-refractivity contribution in [1.82, 2.24) is 15.0 Å². The van der Waals surface area contributed by atoms with Crippen LogP contribution >= 0.6 is 0 Å². The normalized spacial score (nSPS) is 10.9. The van der Waals surface area contributed by atoms with Crippen molar-refractivity contribution in [3.63, 3.8) is 0 Å². The lowest BCUT2D eigenvalue weighted by Crippen LogP contribution is -2.12. The largest absolute Gasteiger partial charge is 0.399 e. The van der Waals surface area contributed by atoms with Gasteiger partial charge in [-0.05, 0) is 48.2 Å². The van der Waals surface area contributed by atoms with Crippen molar-refractivity contribution in [3.8, 4) is 22.4 Å². The molecule has 0 aliphatic heterocycles. The number of aromatic nitrogens is 3. The number of carbonyl (C=O) groups excluding carboxylic acids is 1. The van der Waals surface area contributed by atoms with Gasteiger partial charge in [0.1, 0.15) is 5.69 Å². The van der Waals surface area contributed by atoms with Gasteiger partial charge in [0.15, 0.2) is 0 Å². The molecule has 1 aromatic heterocycles. The van der Waals surface area contributed by atoms with E-state index in [0.717, 1.165) is 66.7 Å². The zero-order valence-corrected chi connectivity index (χ0v) is 19.9. The average Bonchev–Trinajstić information content (AvgIpc) is 3.34. The fourth-order valence-corrected chi connectivity index (χ4v) is 4.02. The van der Waals surface area contributed by atoms with Gasteiger partial charge in [0.2, 0.25) is 5.91 Å². The number of nitrogens with two attached hydrogens (primary N) is 2. The average molecular weight is 469 g/mol. The number of benzene rings is 3. The van der Waals surface area contributed by atoms with Crippen LogP contribution in [0.4, 0.5) is 17.1 Å². The first kappa shape index (κ1) is 24.0. The Bertz CT molecular complexity index is 1250. The Kier molecular flexibility index (Phi) is 8.12. The van der Waals surface area contributed by atoms with Gasteiger partial charge >= 0.3 is 0 Å². The number of hydrogen-bond donors (Lipinski definition) is 3. The lowest BCUT2D eigenvalue weighted by Gasteiger charge is -2.11. The van der Waals surface area contributed by atoms with Crippen LogP contribution in [-0.4, -0.2) is 20.9 Å². The minimum absolute atomic E-state index is 0.00129. The summed E-state index contributed by atoms with van der Waals surface area (Å²) in [6.07, 6.45) is 7.50. The van der Waals surface area contributed by atoms with Crippen LogP contribution in [0.2, 0.25) is 0 Å². The second kappa shape index (κ2) is 11.8. The minimum Gasteiger partial charge on any atom is -0.399 e. The van der Waals surface area contributed by atoms with Gasteiger partial charge in [0.25, 0.3) is 0 Å². The molecule has 0 aliphatic carbocycles. The molecule has 0 radical (unpaired) electrons. The van der Waals surface area contributed by atoms with E-state index < -0.39 is 0 Å². The van der Waals surface area contributed by atoms with Crippen LogP contribution in [0.1, 0.15) is 38.5 Å². The summed E-state index contributed by atoms with van der Waals surface area (Å²) in [4.78, 5) is 12.4. The molecule has 0 saturated carbocycles. The van der Waals surface area contributed by atoms with E-state index in [4.69, 9.17) is 11.5 Å². The van der Waals surface area contributed by atoms with Crippen molar-refractivity contribution in [2.75, 3.05) is 16.8 Å². The number of unbranched alkanes of at least 4 members (excludes halogenated alkanes) is 4. The molecule has 180 valence electrons. The third-order valence-electron chi connectivity index (χ3n) is 5.95. The van der Waals surface area contributed by atoms with Gasteiger partial charge < -0.3 is 16.8 Å². The quantitative estimate of drug-likeness (QED) is 0.191. The number of nitrogen functional groups attached to an aromatic ring is 2. The van der Waals surface area contributed by atoms with Crippen molar-refractivity contribution in [2.45, 2.75) is 45.1 Å². The monoisotopic (exact) mass is 468 g/mol. The highest BCUT2D eigenvalue weighted by Gasteiger charge is 2.08. The van der Waals surface area contributed by atoms with Crippen molar-refractivity contribution >= 4 is 23.0 Å². The minimum atomic E-state index is -0.00129. The first-order valence-corrected chi connectivity index (χ1v) is 12.1. The summed E-state index contributed by atoms with van der Waals surface area (Å²) in [5.41, 5.74) is 17.8. The summed E-state index contributed by atoms with van der Waals surface area (Å²) in [5.74, 6) is -0.00129. The predicted molar refractivity (Wildman–Crippen MR) is 142 cm³/mol. The molecule has 0 aliphatic rings. The first-order valence-electron chi connectivity index (χ1n) is 12.1. The van der Waals surface area contributed by atoms with E-state index in [1.165, 1.54) is 0 Å². The number of rotatable bonds is 11. The Morgan fingerprint density at radius 3 is 2.40 bits per heavy atom. The standard InChI is InChI=1S/C28H32N6O/c29-24-13-9-12-23(18-24)27-20-34(33-32-27)17-8-3-1-2-7-14-28(35)31-26-19-22(15-16-25(26)30)21-10-5-4-6-11-21/h4-6,9-13,15-16,18-20H,1-3,7-8,14,17,29-30H2,(H,31,35). The van der Waals surface area contributed by atoms with E-state index >= 15 is 0 Å². The summed E-state index contributed by atoms with van der Waals surface area (Å²) in [6.45, 7) is 0.826. The smallest absolute Gasteiger partial charge is 0.224 e. The Hall–Kier alpha value is -4.13. The highest BCUT2D eigenvalue weighted by Crippen LogP contribution is 2.27. The van der Waals surface area contributed by atoms with E-state index in [9.17, 15) is 4.79 Å². The molecule has 4 aromatic rings. The number of nitrogens with zero attached hydrogens (tertiary/aromatic N) is 3. The molecule has 0 spiro atoms. The zero-order valence-electron chi connectivity index (χ0n) is 19.9. The molecular formula is C28H32N6O. The van der Waals surface area contributed by atoms with Gasteiger partial charge in [-0.15, -0.1) is 5.10 Å². The molecule has 0 unspecified atom stereocenters. The van der Waals surface area contributed by atoms with Crippen LogP contribution in [0, 0.1) is 0 Å². The van der Waals surface area contributed by atoms with Gasteiger partial charge in [-0.3, -0.25) is 9.48 Å². The second-order valence-electron chi connectivity index (χ2n) is 8.73. The van der Waals surface area contributed by atoms with Crippen molar-refractivity contribution < 1.29 is 4.79 Å². The van der Waals surface area contributed by atoms with E-state index in [1.54, 1.807) is 0 Å². The molecule has 0 saturated heterocycles. The van der Waals surface area contributed by atoms with Crippen LogP contribution in [0.15, 0.2) is 79.0 Å². The lowest BCUT2D eigenvalue weighted by atomic mass is 10.0. The number of hydrogen-bond acceptors (Lipinski definition) is 5. The van der Waals surface area contributed by atoms with Crippen molar-refractivity contribution in [3.05, 3.63) is 79.0 Å². The van der Waals surface area contributed by atoms with Crippen LogP contribution in [0.5, 0.6) is 0 Å². The topological polar surface area (TPSA) is 112 Å². The van der Waals surface area contributed by atoms with Crippen LogP contribution in [0.25, 0.3) is 22.4 Å². The maximum atomic E-state index is 12.4. The fraction of sp³-hybridized carbons (Fsp3) is 0.250. The summed E-state index contributed by atoms with van der Waals surface area (Å²) in [5, 5.41) is 11.4. The number of anilines is 3. The Labute approximate surface area is 206 Å². The second-order valence-corrected chi connectivity index (χ2v) is 8.73. The summed E-state index contributed by atoms with van der Waals surface area (Å²) in [7, 11) is 0. The van der Waals surface area contributed by atoms with E-state index in [1.807, 2.05) is 83.7 Å². The van der Waals surface area contributed by atoms with E-state index in [-0.39, 0.29) is 5.91 Å². The third-order valence-corrected chi connectivity index (χ3v) is 5.95. The molecule has 7 nitrogen and oxygen atoms in total. The van der Waals surface area contributed by atoms with Gasteiger partial charge in [-0.1, -0.05) is 73.0 Å². The molecule has 5 N–H and O–H groups in total. The van der Waals surface area contributed by atoms with Crippen molar-refractivity contribution in [2.24, 2.45) is 0 Å². The van der Waals surface area contributed by atoms with Gasteiger partial charge in [0, 0.05) is 24.2 Å². The maximum absolute atomic E-state index is 12.4. The van der Waals surface area contributed by atoms with Crippen molar-refractivity contribution in [1.29, 1.82) is 0 Å². The molecule has 0 bridgehead atoms. The molecule has 1 amide bonds. The molecular weight excluding hydrogens is 436 g/mol.